The predicted molar refractivity (Wildman–Crippen MR) is 206 cm³/mol. The van der Waals surface area contributed by atoms with Crippen LogP contribution in [-0.2, 0) is 66.7 Å². The Bertz CT molecular complexity index is 1640. The molecule has 29 heteroatoms. The fraction of sp³-hybridized carbons (Fsp3) is 0.833. The molecule has 16 N–H and O–H groups in total. The third-order valence-corrected chi connectivity index (χ3v) is 11.0. The van der Waals surface area contributed by atoms with Crippen LogP contribution in [0.1, 0.15) is 46.5 Å². The number of aliphatic hydroxyl groups is 8. The number of rotatable bonds is 18. The summed E-state index contributed by atoms with van der Waals surface area (Å²) in [5, 5.41) is 102. The summed E-state index contributed by atoms with van der Waals surface area (Å²) >= 11 is 0. The van der Waals surface area contributed by atoms with E-state index in [9.17, 15) is 74.7 Å². The van der Waals surface area contributed by atoms with Crippen LogP contribution in [0, 0.1) is 0 Å². The van der Waals surface area contributed by atoms with E-state index in [1.807, 2.05) is 5.43 Å². The van der Waals surface area contributed by atoms with E-state index in [4.69, 9.17) is 43.7 Å². The molecule has 0 aromatic carbocycles. The highest BCUT2D eigenvalue weighted by Crippen LogP contribution is 2.35. The zero-order valence-corrected chi connectivity index (χ0v) is 35.6. The van der Waals surface area contributed by atoms with Gasteiger partial charge in [0.25, 0.3) is 5.91 Å². The number of unbranched alkanes of at least 4 members (excludes halogenated alkanes) is 1. The maximum absolute atomic E-state index is 13.3. The van der Waals surface area contributed by atoms with Crippen LogP contribution in [0.4, 0.5) is 0 Å². The number of ether oxygens (including phenoxy) is 8. The summed E-state index contributed by atoms with van der Waals surface area (Å²) in [6.45, 7) is 1.89. The van der Waals surface area contributed by atoms with Crippen LogP contribution in [0.5, 0.6) is 0 Å². The number of aliphatic hydroxyl groups excluding tert-OH is 8. The fourth-order valence-electron chi connectivity index (χ4n) is 7.71. The number of nitrogens with one attached hydrogen (secondary N) is 5. The topological polar surface area (TPSA) is 444 Å². The van der Waals surface area contributed by atoms with E-state index in [0.717, 1.165) is 21.0 Å². The first kappa shape index (κ1) is 53.8. The molecule has 0 aliphatic carbocycles. The number of hydrogen-bond donors (Lipinski definition) is 15. The Morgan fingerprint density at radius 3 is 1.57 bits per heavy atom. The number of amides is 5. The van der Waals surface area contributed by atoms with Crippen LogP contribution in [-0.4, -0.2) is 224 Å². The van der Waals surface area contributed by atoms with E-state index in [2.05, 4.69) is 21.5 Å². The summed E-state index contributed by atoms with van der Waals surface area (Å²) in [5.74, 6) is -0.526. The van der Waals surface area contributed by atoms with Crippen molar-refractivity contribution in [2.24, 2.45) is 5.84 Å². The van der Waals surface area contributed by atoms with E-state index >= 15 is 0 Å². The Morgan fingerprint density at radius 1 is 0.585 bits per heavy atom. The van der Waals surface area contributed by atoms with Gasteiger partial charge in [-0.15, -0.1) is 0 Å². The highest BCUT2D eigenvalue weighted by Gasteiger charge is 2.57. The van der Waals surface area contributed by atoms with Crippen molar-refractivity contribution in [3.8, 4) is 0 Å². The minimum absolute atomic E-state index is 0.0401. The normalized spacial score (nSPS) is 39.6. The molecule has 0 radical (unpaired) electrons. The first-order valence-electron chi connectivity index (χ1n) is 20.5. The van der Waals surface area contributed by atoms with Crippen LogP contribution in [0.3, 0.4) is 0 Å². The summed E-state index contributed by atoms with van der Waals surface area (Å²) in [7, 11) is 1.06. The van der Waals surface area contributed by atoms with Gasteiger partial charge in [-0.3, -0.25) is 40.3 Å². The van der Waals surface area contributed by atoms with Gasteiger partial charge in [-0.05, 0) is 19.8 Å². The smallest absolute Gasteiger partial charge is 0.335 e. The van der Waals surface area contributed by atoms with Crippen molar-refractivity contribution in [2.45, 2.75) is 169 Å². The van der Waals surface area contributed by atoms with Crippen LogP contribution >= 0.6 is 0 Å². The number of carbonyl (C=O) groups excluding carboxylic acids is 5. The van der Waals surface area contributed by atoms with Gasteiger partial charge in [0, 0.05) is 33.8 Å². The second-order valence-electron chi connectivity index (χ2n) is 15.7. The minimum atomic E-state index is -2.26. The molecular weight excluding hydrogens is 884 g/mol. The summed E-state index contributed by atoms with van der Waals surface area (Å²) in [6.07, 6.45) is -33.1. The first-order chi connectivity index (χ1) is 30.7. The molecule has 20 atom stereocenters. The SMILES string of the molecule is CO[C@@H]1C(C(=O)NNC(=O)CCCCC(=O)NN)O[C@@H](OC2[C@@H](O)C(CO)O[C@@H](O[C@@H]3C(C(=O)O)O[C@@H](OC4[C@@H](O)C(CO)O[C@@H](C)[C@H]4NC(C)=O)[C@@H](O)C3O)[C@H]2NC(C)=O)[C@@H](O)C1O. The first-order valence-corrected chi connectivity index (χ1v) is 20.5. The second kappa shape index (κ2) is 24.2. The summed E-state index contributed by atoms with van der Waals surface area (Å²) in [4.78, 5) is 74.2. The lowest BCUT2D eigenvalue weighted by atomic mass is 9.92. The van der Waals surface area contributed by atoms with Gasteiger partial charge in [-0.1, -0.05) is 0 Å². The monoisotopic (exact) mass is 944 g/mol. The molecule has 65 heavy (non-hydrogen) atoms. The molecule has 0 aromatic rings. The van der Waals surface area contributed by atoms with E-state index < -0.39 is 171 Å². The highest BCUT2D eigenvalue weighted by atomic mass is 16.8. The molecule has 0 bridgehead atoms. The van der Waals surface area contributed by atoms with Crippen molar-refractivity contribution in [3.63, 3.8) is 0 Å². The van der Waals surface area contributed by atoms with Gasteiger partial charge in [0.2, 0.25) is 23.6 Å². The van der Waals surface area contributed by atoms with Crippen molar-refractivity contribution in [3.05, 3.63) is 0 Å². The van der Waals surface area contributed by atoms with Gasteiger partial charge in [-0.2, -0.15) is 0 Å². The highest BCUT2D eigenvalue weighted by molar-refractivity contribution is 5.85. The van der Waals surface area contributed by atoms with Crippen LogP contribution in [0.2, 0.25) is 0 Å². The Balaban J connectivity index is 1.56. The Labute approximate surface area is 370 Å². The number of hydrazine groups is 2. The molecule has 372 valence electrons. The lowest BCUT2D eigenvalue weighted by molar-refractivity contribution is -0.366. The number of nitrogens with two attached hydrogens (primary N) is 1. The lowest BCUT2D eigenvalue weighted by Crippen LogP contribution is -2.71. The number of carbonyl (C=O) groups is 6. The largest absolute Gasteiger partial charge is 0.479 e. The molecular formula is C36H60N6O23. The number of carboxylic acids is 1. The molecule has 4 rings (SSSR count). The molecule has 0 spiro atoms. The average Bonchev–Trinajstić information content (AvgIpc) is 3.26. The molecule has 29 nitrogen and oxygen atoms in total. The maximum Gasteiger partial charge on any atom is 0.335 e. The third-order valence-electron chi connectivity index (χ3n) is 11.0. The molecule has 4 aliphatic heterocycles. The molecule has 0 saturated carbocycles. The van der Waals surface area contributed by atoms with E-state index in [0.29, 0.717) is 0 Å². The van der Waals surface area contributed by atoms with Gasteiger partial charge < -0.3 is 94.5 Å². The third kappa shape index (κ3) is 13.2. The molecule has 5 amide bonds. The van der Waals surface area contributed by atoms with Crippen LogP contribution < -0.4 is 32.8 Å². The number of aliphatic carboxylic acids is 1. The summed E-state index contributed by atoms with van der Waals surface area (Å²) in [6, 6.07) is -2.94. The molecule has 4 fully saturated rings. The fourth-order valence-corrected chi connectivity index (χ4v) is 7.71. The van der Waals surface area contributed by atoms with Gasteiger partial charge in [0.15, 0.2) is 31.1 Å². The minimum Gasteiger partial charge on any atom is -0.479 e. The molecule has 0 aromatic heterocycles. The van der Waals surface area contributed by atoms with Gasteiger partial charge >= 0.3 is 5.97 Å². The number of hydrogen-bond acceptors (Lipinski definition) is 23. The standard InChI is InChI=1S/C36H60N6O23/c1-11-18(38-12(2)45)26(20(49)14(9-43)59-11)61-36-25(54)23(52)29(31(65-36)33(56)57)63-34-19(39-13(3)46)27(21(50)15(10-44)60-34)62-35-24(53)22(51)28(58-4)30(64-35)32(55)42-41-17(48)8-6-5-7-16(47)40-37/h11,14-15,18-31,34-36,43-44,49-54H,5-10,37H2,1-4H3,(H,38,45)(H,39,46)(H,40,47)(H,41,48)(H,42,55)(H,56,57)/t11-,14?,15?,18+,19-,20-,21-,22?,23?,24-,25-,26?,27?,28-,29-,30?,31?,34-,35+,36+/m0/s1. The Morgan fingerprint density at radius 2 is 1.06 bits per heavy atom. The van der Waals surface area contributed by atoms with Crippen molar-refractivity contribution in [1.82, 2.24) is 26.9 Å². The van der Waals surface area contributed by atoms with E-state index in [-0.39, 0.29) is 25.7 Å². The lowest BCUT2D eigenvalue weighted by Gasteiger charge is -2.50. The van der Waals surface area contributed by atoms with Crippen LogP contribution in [0.15, 0.2) is 0 Å². The van der Waals surface area contributed by atoms with Crippen molar-refractivity contribution in [1.29, 1.82) is 0 Å². The zero-order chi connectivity index (χ0) is 48.4. The summed E-state index contributed by atoms with van der Waals surface area (Å²) < 4.78 is 45.2. The Hall–Kier alpha value is -3.86. The van der Waals surface area contributed by atoms with Crippen molar-refractivity contribution < 1.29 is 113 Å². The molecule has 4 saturated heterocycles. The second-order valence-corrected chi connectivity index (χ2v) is 15.7. The predicted octanol–water partition coefficient (Wildman–Crippen LogP) is -8.94. The molecule has 8 unspecified atom stereocenters. The van der Waals surface area contributed by atoms with Gasteiger partial charge in [0.05, 0.1) is 25.4 Å². The van der Waals surface area contributed by atoms with Gasteiger partial charge in [-0.25, -0.2) is 10.6 Å². The zero-order valence-electron chi connectivity index (χ0n) is 35.6. The number of carboxylic acid groups (broad SMARTS) is 1. The molecule has 4 aliphatic rings. The van der Waals surface area contributed by atoms with Crippen molar-refractivity contribution in [2.75, 3.05) is 20.3 Å². The quantitative estimate of drug-likeness (QED) is 0.0263. The Kier molecular flexibility index (Phi) is 20.1. The van der Waals surface area contributed by atoms with Crippen LogP contribution in [0.25, 0.3) is 0 Å². The molecule has 4 heterocycles. The van der Waals surface area contributed by atoms with E-state index in [1.54, 1.807) is 0 Å². The summed E-state index contributed by atoms with van der Waals surface area (Å²) in [5.41, 5.74) is 6.16. The van der Waals surface area contributed by atoms with E-state index in [1.165, 1.54) is 6.92 Å². The maximum atomic E-state index is 13.3. The average molecular weight is 945 g/mol. The van der Waals surface area contributed by atoms with Gasteiger partial charge in [0.1, 0.15) is 79.3 Å². The number of methoxy groups -OCH3 is 1. The van der Waals surface area contributed by atoms with Crippen molar-refractivity contribution >= 4 is 35.5 Å².